The normalized spacial score (nSPS) is 21.6. The zero-order valence-corrected chi connectivity index (χ0v) is 9.25. The smallest absolute Gasteiger partial charge is 0.128 e. The van der Waals surface area contributed by atoms with Crippen molar-refractivity contribution in [2.24, 2.45) is 5.92 Å². The first-order valence-corrected chi connectivity index (χ1v) is 5.35. The van der Waals surface area contributed by atoms with Crippen molar-refractivity contribution in [2.75, 3.05) is 18.0 Å². The molecule has 1 aliphatic rings. The van der Waals surface area contributed by atoms with Gasteiger partial charge >= 0.3 is 0 Å². The third-order valence-electron chi connectivity index (χ3n) is 3.11. The number of aryl methyl sites for hydroxylation is 2. The highest BCUT2D eigenvalue weighted by molar-refractivity contribution is 5.43. The number of hydrogen-bond donors (Lipinski definition) is 0. The van der Waals surface area contributed by atoms with E-state index < -0.39 is 0 Å². The molecule has 0 N–H and O–H groups in total. The number of nitrogens with zero attached hydrogens (tertiary/aromatic N) is 2. The molecule has 1 unspecified atom stereocenters. The fourth-order valence-corrected chi connectivity index (χ4v) is 1.93. The third-order valence-corrected chi connectivity index (χ3v) is 3.11. The van der Waals surface area contributed by atoms with Gasteiger partial charge < -0.3 is 4.90 Å². The molecule has 76 valence electrons. The van der Waals surface area contributed by atoms with Crippen LogP contribution in [0.5, 0.6) is 0 Å². The lowest BCUT2D eigenvalue weighted by atomic mass is 10.2. The van der Waals surface area contributed by atoms with E-state index in [9.17, 15) is 0 Å². The van der Waals surface area contributed by atoms with Gasteiger partial charge in [0, 0.05) is 19.3 Å². The summed E-state index contributed by atoms with van der Waals surface area (Å²) in [6.45, 7) is 8.89. The van der Waals surface area contributed by atoms with Crippen molar-refractivity contribution < 1.29 is 0 Å². The average Bonchev–Trinajstić information content (AvgIpc) is 2.57. The molecule has 1 fully saturated rings. The van der Waals surface area contributed by atoms with Crippen molar-refractivity contribution in [3.8, 4) is 0 Å². The molecule has 0 aliphatic carbocycles. The lowest BCUT2D eigenvalue weighted by Gasteiger charge is -2.17. The first-order valence-electron chi connectivity index (χ1n) is 5.35. The van der Waals surface area contributed by atoms with E-state index in [1.807, 2.05) is 6.20 Å². The topological polar surface area (TPSA) is 16.1 Å². The van der Waals surface area contributed by atoms with Gasteiger partial charge in [0.25, 0.3) is 0 Å². The molecule has 2 heterocycles. The molecule has 0 radical (unpaired) electrons. The van der Waals surface area contributed by atoms with Crippen LogP contribution in [0.4, 0.5) is 5.82 Å². The van der Waals surface area contributed by atoms with Crippen LogP contribution in [-0.2, 0) is 0 Å². The summed E-state index contributed by atoms with van der Waals surface area (Å²) < 4.78 is 0. The van der Waals surface area contributed by atoms with Crippen LogP contribution in [0.3, 0.4) is 0 Å². The van der Waals surface area contributed by atoms with Gasteiger partial charge in [-0.25, -0.2) is 4.98 Å². The molecule has 2 rings (SSSR count). The molecule has 0 bridgehead atoms. The Balaban J connectivity index is 2.20. The SMILES string of the molecule is Cc1cnc(N2CCC(C)C2)cc1C. The Kier molecular flexibility index (Phi) is 2.44. The molecular formula is C12H18N2. The molecule has 1 atom stereocenters. The lowest BCUT2D eigenvalue weighted by Crippen LogP contribution is -2.20. The standard InChI is InChI=1S/C12H18N2/c1-9-4-5-14(8-9)12-6-10(2)11(3)7-13-12/h6-7,9H,4-5,8H2,1-3H3. The second-order valence-electron chi connectivity index (χ2n) is 4.47. The molecule has 0 aromatic carbocycles. The zero-order valence-electron chi connectivity index (χ0n) is 9.25. The quantitative estimate of drug-likeness (QED) is 0.676. The maximum atomic E-state index is 4.48. The number of anilines is 1. The van der Waals surface area contributed by atoms with Crippen molar-refractivity contribution in [3.63, 3.8) is 0 Å². The van der Waals surface area contributed by atoms with E-state index in [0.717, 1.165) is 24.8 Å². The largest absolute Gasteiger partial charge is 0.356 e. The molecule has 1 aromatic rings. The monoisotopic (exact) mass is 190 g/mol. The van der Waals surface area contributed by atoms with Crippen LogP contribution in [0.15, 0.2) is 12.3 Å². The second kappa shape index (κ2) is 3.60. The zero-order chi connectivity index (χ0) is 10.1. The number of pyridine rings is 1. The van der Waals surface area contributed by atoms with Crippen LogP contribution in [0, 0.1) is 19.8 Å². The highest BCUT2D eigenvalue weighted by atomic mass is 15.2. The van der Waals surface area contributed by atoms with Crippen molar-refractivity contribution >= 4 is 5.82 Å². The van der Waals surface area contributed by atoms with Gasteiger partial charge in [0.15, 0.2) is 0 Å². The molecule has 0 spiro atoms. The highest BCUT2D eigenvalue weighted by Crippen LogP contribution is 2.22. The van der Waals surface area contributed by atoms with E-state index in [0.29, 0.717) is 0 Å². The maximum absolute atomic E-state index is 4.48. The number of rotatable bonds is 1. The van der Waals surface area contributed by atoms with Crippen LogP contribution in [0.25, 0.3) is 0 Å². The van der Waals surface area contributed by atoms with Gasteiger partial charge in [-0.2, -0.15) is 0 Å². The van der Waals surface area contributed by atoms with Gasteiger partial charge in [-0.3, -0.25) is 0 Å². The molecule has 2 heteroatoms. The van der Waals surface area contributed by atoms with E-state index in [-0.39, 0.29) is 0 Å². The summed E-state index contributed by atoms with van der Waals surface area (Å²) in [5, 5.41) is 0. The average molecular weight is 190 g/mol. The van der Waals surface area contributed by atoms with E-state index in [2.05, 4.69) is 36.7 Å². The Morgan fingerprint density at radius 2 is 2.14 bits per heavy atom. The summed E-state index contributed by atoms with van der Waals surface area (Å²) in [4.78, 5) is 6.87. The minimum atomic E-state index is 0.818. The molecule has 1 saturated heterocycles. The Morgan fingerprint density at radius 1 is 1.36 bits per heavy atom. The van der Waals surface area contributed by atoms with Gasteiger partial charge in [-0.05, 0) is 43.4 Å². The van der Waals surface area contributed by atoms with Crippen LogP contribution < -0.4 is 4.90 Å². The summed E-state index contributed by atoms with van der Waals surface area (Å²) in [6, 6.07) is 2.20. The Hall–Kier alpha value is -1.05. The molecule has 2 nitrogen and oxygen atoms in total. The van der Waals surface area contributed by atoms with Crippen LogP contribution in [-0.4, -0.2) is 18.1 Å². The molecule has 1 aromatic heterocycles. The fraction of sp³-hybridized carbons (Fsp3) is 0.583. The van der Waals surface area contributed by atoms with Gasteiger partial charge in [-0.1, -0.05) is 6.92 Å². The molecule has 14 heavy (non-hydrogen) atoms. The number of aromatic nitrogens is 1. The van der Waals surface area contributed by atoms with Crippen LogP contribution >= 0.6 is 0 Å². The predicted molar refractivity (Wildman–Crippen MR) is 59.7 cm³/mol. The summed E-state index contributed by atoms with van der Waals surface area (Å²) in [5.41, 5.74) is 2.62. The van der Waals surface area contributed by atoms with Gasteiger partial charge in [0.2, 0.25) is 0 Å². The number of hydrogen-bond acceptors (Lipinski definition) is 2. The van der Waals surface area contributed by atoms with Crippen molar-refractivity contribution in [1.82, 2.24) is 4.98 Å². The molecule has 1 aliphatic heterocycles. The van der Waals surface area contributed by atoms with Crippen molar-refractivity contribution in [3.05, 3.63) is 23.4 Å². The molecule has 0 amide bonds. The van der Waals surface area contributed by atoms with Gasteiger partial charge in [0.05, 0.1) is 0 Å². The van der Waals surface area contributed by atoms with E-state index in [1.165, 1.54) is 17.5 Å². The predicted octanol–water partition coefficient (Wildman–Crippen LogP) is 2.54. The van der Waals surface area contributed by atoms with Gasteiger partial charge in [0.1, 0.15) is 5.82 Å². The second-order valence-corrected chi connectivity index (χ2v) is 4.47. The Labute approximate surface area is 86.0 Å². The van der Waals surface area contributed by atoms with Crippen molar-refractivity contribution in [2.45, 2.75) is 27.2 Å². The summed E-state index contributed by atoms with van der Waals surface area (Å²) in [6.07, 6.45) is 3.28. The summed E-state index contributed by atoms with van der Waals surface area (Å²) in [5.74, 6) is 1.97. The fourth-order valence-electron chi connectivity index (χ4n) is 1.93. The lowest BCUT2D eigenvalue weighted by molar-refractivity contribution is 0.659. The van der Waals surface area contributed by atoms with E-state index in [4.69, 9.17) is 0 Å². The maximum Gasteiger partial charge on any atom is 0.128 e. The Morgan fingerprint density at radius 3 is 2.71 bits per heavy atom. The molecular weight excluding hydrogens is 172 g/mol. The highest BCUT2D eigenvalue weighted by Gasteiger charge is 2.19. The summed E-state index contributed by atoms with van der Waals surface area (Å²) >= 11 is 0. The summed E-state index contributed by atoms with van der Waals surface area (Å²) in [7, 11) is 0. The third kappa shape index (κ3) is 1.74. The first kappa shape index (κ1) is 9.50. The first-order chi connectivity index (χ1) is 6.66. The van der Waals surface area contributed by atoms with Crippen LogP contribution in [0.1, 0.15) is 24.5 Å². The Bertz CT molecular complexity index is 333. The minimum Gasteiger partial charge on any atom is -0.356 e. The van der Waals surface area contributed by atoms with E-state index in [1.54, 1.807) is 0 Å². The molecule has 0 saturated carbocycles. The van der Waals surface area contributed by atoms with Gasteiger partial charge in [-0.15, -0.1) is 0 Å². The van der Waals surface area contributed by atoms with Crippen LogP contribution in [0.2, 0.25) is 0 Å². The minimum absolute atomic E-state index is 0.818. The van der Waals surface area contributed by atoms with E-state index >= 15 is 0 Å². The van der Waals surface area contributed by atoms with Crippen molar-refractivity contribution in [1.29, 1.82) is 0 Å².